The second-order valence-corrected chi connectivity index (χ2v) is 5.87. The zero-order chi connectivity index (χ0) is 17.8. The quantitative estimate of drug-likeness (QED) is 0.550. The van der Waals surface area contributed by atoms with Gasteiger partial charge in [-0.25, -0.2) is 0 Å². The lowest BCUT2D eigenvalue weighted by molar-refractivity contribution is 0.0981. The highest BCUT2D eigenvalue weighted by atomic mass is 16.3. The first-order valence-corrected chi connectivity index (χ1v) is 8.16. The molecule has 0 atom stereocenters. The maximum Gasteiger partial charge on any atom is 0.261 e. The topological polar surface area (TPSA) is 59.3 Å². The number of fused-ring (bicyclic) bond motifs is 1. The maximum absolute atomic E-state index is 12.8. The fourth-order valence-corrected chi connectivity index (χ4v) is 2.93. The second-order valence-electron chi connectivity index (χ2n) is 5.87. The number of Topliss-reactive ketones (excluding diaryl/α,β-unsaturated/α-hetero) is 1. The van der Waals surface area contributed by atoms with Gasteiger partial charge in [-0.05, 0) is 18.1 Å². The first-order chi connectivity index (χ1) is 12.1. The van der Waals surface area contributed by atoms with Gasteiger partial charge in [0, 0.05) is 17.2 Å². The van der Waals surface area contributed by atoms with Crippen molar-refractivity contribution in [2.24, 2.45) is 0 Å². The van der Waals surface area contributed by atoms with Gasteiger partial charge >= 0.3 is 0 Å². The van der Waals surface area contributed by atoms with Crippen LogP contribution in [0.15, 0.2) is 72.0 Å². The van der Waals surface area contributed by atoms with E-state index in [9.17, 15) is 14.7 Å². The summed E-state index contributed by atoms with van der Waals surface area (Å²) in [7, 11) is 0. The highest BCUT2D eigenvalue weighted by Crippen LogP contribution is 2.27. The minimum atomic E-state index is -0.308. The minimum Gasteiger partial charge on any atom is -0.494 e. The molecule has 4 heteroatoms. The molecular weight excluding hydrogens is 314 g/mol. The summed E-state index contributed by atoms with van der Waals surface area (Å²) < 4.78 is 1.26. The maximum atomic E-state index is 12.8. The lowest BCUT2D eigenvalue weighted by atomic mass is 10.0. The summed E-state index contributed by atoms with van der Waals surface area (Å²) in [4.78, 5) is 25.4. The number of rotatable bonds is 6. The number of aromatic nitrogens is 1. The molecule has 0 aliphatic rings. The van der Waals surface area contributed by atoms with Crippen LogP contribution >= 0.6 is 0 Å². The molecule has 2 aromatic carbocycles. The number of carbonyl (C=O) groups is 1. The van der Waals surface area contributed by atoms with Gasteiger partial charge in [-0.3, -0.25) is 14.2 Å². The summed E-state index contributed by atoms with van der Waals surface area (Å²) in [6.45, 7) is 3.84. The molecule has 0 bridgehead atoms. The number of benzene rings is 2. The monoisotopic (exact) mass is 333 g/mol. The average Bonchev–Trinajstić information content (AvgIpc) is 2.64. The minimum absolute atomic E-state index is 0.199. The van der Waals surface area contributed by atoms with Crippen molar-refractivity contribution in [3.8, 4) is 5.88 Å². The SMILES string of the molecule is C=CCCC(=O)c1c(O)n(Cc2ccccc2)c(=O)c2ccccc12. The van der Waals surface area contributed by atoms with Crippen LogP contribution < -0.4 is 5.56 Å². The zero-order valence-corrected chi connectivity index (χ0v) is 13.8. The number of ketones is 1. The van der Waals surface area contributed by atoms with Crippen LogP contribution in [0.3, 0.4) is 0 Å². The summed E-state index contributed by atoms with van der Waals surface area (Å²) in [5.41, 5.74) is 0.768. The third kappa shape index (κ3) is 3.24. The fourth-order valence-electron chi connectivity index (χ4n) is 2.93. The van der Waals surface area contributed by atoms with Crippen molar-refractivity contribution in [1.29, 1.82) is 0 Å². The Morgan fingerprint density at radius 2 is 1.68 bits per heavy atom. The van der Waals surface area contributed by atoms with Crippen molar-refractivity contribution in [3.63, 3.8) is 0 Å². The third-order valence-corrected chi connectivity index (χ3v) is 4.19. The summed E-state index contributed by atoms with van der Waals surface area (Å²) in [5.74, 6) is -0.475. The molecule has 0 radical (unpaired) electrons. The van der Waals surface area contributed by atoms with Gasteiger partial charge in [0.25, 0.3) is 5.56 Å². The largest absolute Gasteiger partial charge is 0.494 e. The molecule has 3 aromatic rings. The van der Waals surface area contributed by atoms with Gasteiger partial charge in [-0.2, -0.15) is 0 Å². The van der Waals surface area contributed by atoms with E-state index in [0.29, 0.717) is 17.2 Å². The van der Waals surface area contributed by atoms with Gasteiger partial charge in [-0.1, -0.05) is 54.6 Å². The average molecular weight is 333 g/mol. The molecule has 1 aromatic heterocycles. The Balaban J connectivity index is 2.22. The van der Waals surface area contributed by atoms with E-state index < -0.39 is 0 Å². The Kier molecular flexibility index (Phi) is 4.80. The van der Waals surface area contributed by atoms with E-state index in [1.54, 1.807) is 30.3 Å². The molecule has 0 amide bonds. The molecule has 0 saturated heterocycles. The van der Waals surface area contributed by atoms with E-state index in [1.807, 2.05) is 30.3 Å². The zero-order valence-electron chi connectivity index (χ0n) is 13.8. The van der Waals surface area contributed by atoms with Crippen LogP contribution in [0.1, 0.15) is 28.8 Å². The van der Waals surface area contributed by atoms with Crippen molar-refractivity contribution in [1.82, 2.24) is 4.57 Å². The molecule has 0 aliphatic carbocycles. The number of nitrogens with zero attached hydrogens (tertiary/aromatic N) is 1. The summed E-state index contributed by atoms with van der Waals surface area (Å²) in [6, 6.07) is 16.3. The Bertz CT molecular complexity index is 987. The van der Waals surface area contributed by atoms with Crippen molar-refractivity contribution in [2.75, 3.05) is 0 Å². The van der Waals surface area contributed by atoms with Crippen LogP contribution in [-0.2, 0) is 6.54 Å². The molecule has 1 heterocycles. The van der Waals surface area contributed by atoms with Gasteiger partial charge in [0.05, 0.1) is 12.1 Å². The van der Waals surface area contributed by atoms with Crippen LogP contribution in [0.2, 0.25) is 0 Å². The van der Waals surface area contributed by atoms with E-state index in [1.165, 1.54) is 4.57 Å². The predicted molar refractivity (Wildman–Crippen MR) is 99.2 cm³/mol. The van der Waals surface area contributed by atoms with E-state index in [2.05, 4.69) is 6.58 Å². The van der Waals surface area contributed by atoms with Crippen molar-refractivity contribution in [3.05, 3.63) is 88.7 Å². The first kappa shape index (κ1) is 16.7. The highest BCUT2D eigenvalue weighted by molar-refractivity contribution is 6.09. The number of carbonyl (C=O) groups excluding carboxylic acids is 1. The Labute approximate surface area is 145 Å². The Morgan fingerprint density at radius 3 is 2.36 bits per heavy atom. The summed E-state index contributed by atoms with van der Waals surface area (Å²) >= 11 is 0. The van der Waals surface area contributed by atoms with Gasteiger partial charge in [0.1, 0.15) is 0 Å². The van der Waals surface area contributed by atoms with Crippen molar-refractivity contribution >= 4 is 16.6 Å². The Morgan fingerprint density at radius 1 is 1.04 bits per heavy atom. The molecule has 1 N–H and O–H groups in total. The van der Waals surface area contributed by atoms with Crippen LogP contribution in [0.4, 0.5) is 0 Å². The van der Waals surface area contributed by atoms with Crippen molar-refractivity contribution < 1.29 is 9.90 Å². The molecular formula is C21H19NO3. The smallest absolute Gasteiger partial charge is 0.261 e. The molecule has 0 aliphatic heterocycles. The Hall–Kier alpha value is -3.14. The van der Waals surface area contributed by atoms with Gasteiger partial charge in [0.2, 0.25) is 5.88 Å². The predicted octanol–water partition coefficient (Wildman–Crippen LogP) is 3.90. The van der Waals surface area contributed by atoms with Crippen LogP contribution in [0, 0.1) is 0 Å². The molecule has 4 nitrogen and oxygen atoms in total. The van der Waals surface area contributed by atoms with Crippen LogP contribution in [-0.4, -0.2) is 15.5 Å². The lowest BCUT2D eigenvalue weighted by Crippen LogP contribution is -2.23. The number of pyridine rings is 1. The fraction of sp³-hybridized carbons (Fsp3) is 0.143. The third-order valence-electron chi connectivity index (χ3n) is 4.19. The van der Waals surface area contributed by atoms with Crippen LogP contribution in [0.5, 0.6) is 5.88 Å². The van der Waals surface area contributed by atoms with E-state index >= 15 is 0 Å². The number of aromatic hydroxyl groups is 1. The van der Waals surface area contributed by atoms with Gasteiger partial charge < -0.3 is 5.11 Å². The summed E-state index contributed by atoms with van der Waals surface area (Å²) in [5, 5.41) is 11.6. The van der Waals surface area contributed by atoms with Crippen LogP contribution in [0.25, 0.3) is 10.8 Å². The molecule has 0 fully saturated rings. The van der Waals surface area contributed by atoms with E-state index in [-0.39, 0.29) is 35.8 Å². The standard InChI is InChI=1S/C21H19NO3/c1-2-3-13-18(23)19-16-11-7-8-12-17(16)20(24)22(21(19)25)14-15-9-5-4-6-10-15/h2,4-12,25H,1,3,13-14H2. The number of hydrogen-bond acceptors (Lipinski definition) is 3. The second kappa shape index (κ2) is 7.18. The lowest BCUT2D eigenvalue weighted by Gasteiger charge is -2.15. The number of allylic oxidation sites excluding steroid dienone is 1. The number of hydrogen-bond donors (Lipinski definition) is 1. The normalized spacial score (nSPS) is 10.7. The molecule has 0 spiro atoms. The van der Waals surface area contributed by atoms with Crippen molar-refractivity contribution in [2.45, 2.75) is 19.4 Å². The molecule has 126 valence electrons. The van der Waals surface area contributed by atoms with E-state index in [0.717, 1.165) is 5.56 Å². The molecule has 3 rings (SSSR count). The van der Waals surface area contributed by atoms with Gasteiger partial charge in [-0.15, -0.1) is 6.58 Å². The highest BCUT2D eigenvalue weighted by Gasteiger charge is 2.21. The summed E-state index contributed by atoms with van der Waals surface area (Å²) in [6.07, 6.45) is 2.42. The molecule has 0 unspecified atom stereocenters. The van der Waals surface area contributed by atoms with Gasteiger partial charge in [0.15, 0.2) is 5.78 Å². The van der Waals surface area contributed by atoms with E-state index in [4.69, 9.17) is 0 Å². The molecule has 25 heavy (non-hydrogen) atoms. The first-order valence-electron chi connectivity index (χ1n) is 8.16. The molecule has 0 saturated carbocycles.